The number of halogens is 1. The van der Waals surface area contributed by atoms with Gasteiger partial charge in [0, 0.05) is 5.56 Å². The molecule has 2 heterocycles. The van der Waals surface area contributed by atoms with E-state index in [4.69, 9.17) is 10.5 Å². The summed E-state index contributed by atoms with van der Waals surface area (Å²) in [6, 6.07) is 22.0. The topological polar surface area (TPSA) is 96.4 Å². The maximum atomic E-state index is 14.2. The molecule has 2 aliphatic heterocycles. The van der Waals surface area contributed by atoms with Crippen molar-refractivity contribution in [2.75, 3.05) is 4.31 Å². The molecule has 0 fully saturated rings. The number of hydrogen-bond donors (Lipinski definition) is 1. The third-order valence-electron chi connectivity index (χ3n) is 5.97. The second-order valence-electron chi connectivity index (χ2n) is 8.19. The molecule has 34 heavy (non-hydrogen) atoms. The Bertz CT molecular complexity index is 1520. The molecule has 5 rings (SSSR count). The van der Waals surface area contributed by atoms with Crippen LogP contribution in [0.2, 0.25) is 0 Å². The largest absolute Gasteiger partial charge is 0.439 e. The van der Waals surface area contributed by atoms with Crippen LogP contribution in [0.25, 0.3) is 5.76 Å². The van der Waals surface area contributed by atoms with Crippen molar-refractivity contribution in [3.63, 3.8) is 0 Å². The minimum Gasteiger partial charge on any atom is -0.439 e. The van der Waals surface area contributed by atoms with Crippen LogP contribution < -0.4 is 10.0 Å². The Morgan fingerprint density at radius 1 is 1.09 bits per heavy atom. The average Bonchev–Trinajstić information content (AvgIpc) is 2.81. The molecule has 2 N–H and O–H groups in total. The smallest absolute Gasteiger partial charge is 0.265 e. The lowest BCUT2D eigenvalue weighted by Crippen LogP contribution is -2.39. The highest BCUT2D eigenvalue weighted by Crippen LogP contribution is 2.51. The van der Waals surface area contributed by atoms with Gasteiger partial charge in [-0.3, -0.25) is 4.31 Å². The van der Waals surface area contributed by atoms with E-state index < -0.39 is 21.8 Å². The fourth-order valence-corrected chi connectivity index (χ4v) is 6.36. The van der Waals surface area contributed by atoms with Gasteiger partial charge in [0.2, 0.25) is 5.88 Å². The van der Waals surface area contributed by atoms with Gasteiger partial charge < -0.3 is 10.5 Å². The standard InChI is InChI=1S/C26H20FN3O3S/c1-16-5-4-6-17(13-16)15-30-22-8-3-2-7-20(22)24-25(34(30,31)32)23(21(14-28)26(29)33-24)18-9-11-19(27)12-10-18/h2-13,23H,15,29H2,1H3/t23-/m1/s1. The third kappa shape index (κ3) is 3.42. The molecule has 0 aromatic heterocycles. The number of fused-ring (bicyclic) bond motifs is 2. The Hall–Kier alpha value is -4.09. The second kappa shape index (κ2) is 8.04. The lowest BCUT2D eigenvalue weighted by Gasteiger charge is -2.38. The summed E-state index contributed by atoms with van der Waals surface area (Å²) in [6.45, 7) is 2.03. The van der Waals surface area contributed by atoms with Gasteiger partial charge in [-0.1, -0.05) is 54.1 Å². The normalized spacial score (nSPS) is 18.6. The van der Waals surface area contributed by atoms with Crippen LogP contribution in [0.1, 0.15) is 28.2 Å². The van der Waals surface area contributed by atoms with E-state index in [0.29, 0.717) is 16.8 Å². The molecule has 0 amide bonds. The van der Waals surface area contributed by atoms with Gasteiger partial charge >= 0.3 is 0 Å². The zero-order valence-corrected chi connectivity index (χ0v) is 19.0. The number of ether oxygens (including phenoxy) is 1. The highest BCUT2D eigenvalue weighted by Gasteiger charge is 2.47. The molecule has 3 aromatic rings. The number of para-hydroxylation sites is 1. The molecule has 0 unspecified atom stereocenters. The van der Waals surface area contributed by atoms with Crippen LogP contribution in [-0.4, -0.2) is 8.42 Å². The molecule has 6 nitrogen and oxygen atoms in total. The molecule has 170 valence electrons. The number of nitriles is 1. The van der Waals surface area contributed by atoms with Crippen molar-refractivity contribution >= 4 is 21.5 Å². The Morgan fingerprint density at radius 2 is 1.82 bits per heavy atom. The number of allylic oxidation sites excluding steroid dienone is 2. The van der Waals surface area contributed by atoms with Crippen LogP contribution in [-0.2, 0) is 21.3 Å². The van der Waals surface area contributed by atoms with Crippen LogP contribution in [0.3, 0.4) is 0 Å². The van der Waals surface area contributed by atoms with E-state index in [0.717, 1.165) is 11.1 Å². The van der Waals surface area contributed by atoms with Gasteiger partial charge in [0.1, 0.15) is 22.4 Å². The molecular formula is C26H20FN3O3S. The van der Waals surface area contributed by atoms with Crippen molar-refractivity contribution in [2.24, 2.45) is 5.73 Å². The molecule has 8 heteroatoms. The lowest BCUT2D eigenvalue weighted by molar-refractivity contribution is 0.357. The number of nitrogens with zero attached hydrogens (tertiary/aromatic N) is 2. The van der Waals surface area contributed by atoms with Crippen LogP contribution >= 0.6 is 0 Å². The molecule has 0 aliphatic carbocycles. The number of rotatable bonds is 3. The van der Waals surface area contributed by atoms with Crippen LogP contribution in [0.5, 0.6) is 0 Å². The maximum absolute atomic E-state index is 14.2. The Kier molecular flexibility index (Phi) is 5.14. The van der Waals surface area contributed by atoms with Gasteiger partial charge in [-0.15, -0.1) is 0 Å². The van der Waals surface area contributed by atoms with Crippen LogP contribution in [0.4, 0.5) is 10.1 Å². The average molecular weight is 474 g/mol. The van der Waals surface area contributed by atoms with Gasteiger partial charge in [-0.05, 0) is 42.3 Å². The molecule has 3 aromatic carbocycles. The highest BCUT2D eigenvalue weighted by molar-refractivity contribution is 7.96. The number of anilines is 1. The van der Waals surface area contributed by atoms with Crippen molar-refractivity contribution < 1.29 is 17.5 Å². The molecular weight excluding hydrogens is 453 g/mol. The van der Waals surface area contributed by atoms with E-state index in [2.05, 4.69) is 0 Å². The number of aryl methyl sites for hydroxylation is 1. The Balaban J connectivity index is 1.76. The molecule has 0 saturated heterocycles. The van der Waals surface area contributed by atoms with Crippen molar-refractivity contribution in [2.45, 2.75) is 19.4 Å². The monoisotopic (exact) mass is 473 g/mol. The molecule has 0 saturated carbocycles. The Labute approximate surface area is 197 Å². The van der Waals surface area contributed by atoms with E-state index in [1.54, 1.807) is 24.3 Å². The number of hydrogen-bond acceptors (Lipinski definition) is 5. The molecule has 2 aliphatic rings. The number of nitrogens with two attached hydrogens (primary N) is 1. The van der Waals surface area contributed by atoms with Gasteiger partial charge in [-0.25, -0.2) is 12.8 Å². The quantitative estimate of drug-likeness (QED) is 0.597. The lowest BCUT2D eigenvalue weighted by atomic mass is 9.88. The first-order chi connectivity index (χ1) is 16.3. The molecule has 1 atom stereocenters. The first-order valence-corrected chi connectivity index (χ1v) is 12.0. The second-order valence-corrected chi connectivity index (χ2v) is 10.0. The van der Waals surface area contributed by atoms with Crippen molar-refractivity contribution in [3.05, 3.63) is 117 Å². The predicted molar refractivity (Wildman–Crippen MR) is 127 cm³/mol. The minimum atomic E-state index is -4.17. The van der Waals surface area contributed by atoms with Gasteiger partial charge in [0.25, 0.3) is 10.0 Å². The number of sulfonamides is 1. The summed E-state index contributed by atoms with van der Waals surface area (Å²) in [7, 11) is -4.17. The van der Waals surface area contributed by atoms with Crippen molar-refractivity contribution in [1.82, 2.24) is 0 Å². The first kappa shape index (κ1) is 21.7. The van der Waals surface area contributed by atoms with Gasteiger partial charge in [0.15, 0.2) is 5.76 Å². The van der Waals surface area contributed by atoms with E-state index in [1.807, 2.05) is 37.3 Å². The van der Waals surface area contributed by atoms with Crippen molar-refractivity contribution in [3.8, 4) is 6.07 Å². The summed E-state index contributed by atoms with van der Waals surface area (Å²) >= 11 is 0. The van der Waals surface area contributed by atoms with Gasteiger partial charge in [0.05, 0.1) is 18.2 Å². The van der Waals surface area contributed by atoms with E-state index >= 15 is 0 Å². The number of benzene rings is 3. The molecule has 0 radical (unpaired) electrons. The van der Waals surface area contributed by atoms with E-state index in [9.17, 15) is 18.1 Å². The summed E-state index contributed by atoms with van der Waals surface area (Å²) in [6.07, 6.45) is 0. The van der Waals surface area contributed by atoms with E-state index in [-0.39, 0.29) is 28.7 Å². The minimum absolute atomic E-state index is 0.0381. The molecule has 0 spiro atoms. The summed E-state index contributed by atoms with van der Waals surface area (Å²) in [5.41, 5.74) is 9.30. The fourth-order valence-electron chi connectivity index (χ4n) is 4.44. The zero-order chi connectivity index (χ0) is 24.0. The van der Waals surface area contributed by atoms with E-state index in [1.165, 1.54) is 28.6 Å². The van der Waals surface area contributed by atoms with Crippen LogP contribution in [0.15, 0.2) is 89.2 Å². The first-order valence-electron chi connectivity index (χ1n) is 10.6. The molecule has 0 bridgehead atoms. The fraction of sp³-hybridized carbons (Fsp3) is 0.115. The summed E-state index contributed by atoms with van der Waals surface area (Å²) in [4.78, 5) is -0.0868. The summed E-state index contributed by atoms with van der Waals surface area (Å²) in [5, 5.41) is 9.86. The van der Waals surface area contributed by atoms with Crippen LogP contribution in [0, 0.1) is 24.1 Å². The Morgan fingerprint density at radius 3 is 2.53 bits per heavy atom. The van der Waals surface area contributed by atoms with Gasteiger partial charge in [-0.2, -0.15) is 5.26 Å². The maximum Gasteiger partial charge on any atom is 0.265 e. The zero-order valence-electron chi connectivity index (χ0n) is 18.2. The third-order valence-corrected chi connectivity index (χ3v) is 7.85. The highest BCUT2D eigenvalue weighted by atomic mass is 32.2. The predicted octanol–water partition coefficient (Wildman–Crippen LogP) is 4.66. The summed E-state index contributed by atoms with van der Waals surface area (Å²) < 4.78 is 49.1. The summed E-state index contributed by atoms with van der Waals surface area (Å²) in [5.74, 6) is -1.60. The van der Waals surface area contributed by atoms with Crippen molar-refractivity contribution in [1.29, 1.82) is 5.26 Å². The SMILES string of the molecule is Cc1cccc(CN2c3ccccc3C3=C([C@H](c4ccc(F)cc4)C(C#N)=C(N)O3)S2(=O)=O)c1.